The maximum absolute atomic E-state index is 12.5. The number of halogens is 1. The second kappa shape index (κ2) is 9.01. The van der Waals surface area contributed by atoms with Gasteiger partial charge in [0.05, 0.1) is 30.6 Å². The van der Waals surface area contributed by atoms with Gasteiger partial charge in [0.2, 0.25) is 0 Å². The number of nitrogens with zero attached hydrogens (tertiary/aromatic N) is 2. The fraction of sp³-hybridized carbons (Fsp3) is 0.273. The Morgan fingerprint density at radius 1 is 1.10 bits per heavy atom. The van der Waals surface area contributed by atoms with Gasteiger partial charge < -0.3 is 14.8 Å². The Balaban J connectivity index is 1.60. The highest BCUT2D eigenvalue weighted by molar-refractivity contribution is 6.32. The minimum atomic E-state index is -0.216. The van der Waals surface area contributed by atoms with E-state index in [1.807, 2.05) is 48.9 Å². The van der Waals surface area contributed by atoms with Crippen molar-refractivity contribution in [1.29, 1.82) is 0 Å². The molecule has 1 heterocycles. The first-order valence-corrected chi connectivity index (χ1v) is 9.63. The summed E-state index contributed by atoms with van der Waals surface area (Å²) >= 11 is 6.17. The monoisotopic (exact) mass is 413 g/mol. The van der Waals surface area contributed by atoms with Crippen LogP contribution in [0.2, 0.25) is 5.02 Å². The molecule has 1 aromatic heterocycles. The third-order valence-corrected chi connectivity index (χ3v) is 4.87. The number of aromatic nitrogens is 2. The predicted molar refractivity (Wildman–Crippen MR) is 114 cm³/mol. The van der Waals surface area contributed by atoms with Crippen molar-refractivity contribution in [3.63, 3.8) is 0 Å². The van der Waals surface area contributed by atoms with Crippen LogP contribution in [0.5, 0.6) is 11.5 Å². The number of rotatable bonds is 7. The Morgan fingerprint density at radius 3 is 2.41 bits per heavy atom. The molecule has 3 rings (SSSR count). The highest BCUT2D eigenvalue weighted by Crippen LogP contribution is 2.35. The molecule has 29 heavy (non-hydrogen) atoms. The normalized spacial score (nSPS) is 10.7. The molecule has 0 aliphatic carbocycles. The van der Waals surface area contributed by atoms with Crippen LogP contribution in [0.15, 0.2) is 42.5 Å². The van der Waals surface area contributed by atoms with Crippen LogP contribution in [0.4, 0.5) is 0 Å². The summed E-state index contributed by atoms with van der Waals surface area (Å²) in [5.74, 6) is 0.616. The maximum Gasteiger partial charge on any atom is 0.251 e. The van der Waals surface area contributed by atoms with E-state index in [4.69, 9.17) is 21.1 Å². The molecule has 0 aliphatic rings. The molecule has 1 amide bonds. The molecule has 0 bridgehead atoms. The van der Waals surface area contributed by atoms with Gasteiger partial charge in [0.15, 0.2) is 11.5 Å². The van der Waals surface area contributed by atoms with Crippen LogP contribution in [-0.2, 0) is 6.42 Å². The number of aryl methyl sites for hydroxylation is 2. The van der Waals surface area contributed by atoms with Crippen molar-refractivity contribution in [2.75, 3.05) is 20.8 Å². The quantitative estimate of drug-likeness (QED) is 0.632. The van der Waals surface area contributed by atoms with Crippen molar-refractivity contribution in [3.8, 4) is 17.2 Å². The van der Waals surface area contributed by atoms with Gasteiger partial charge in [-0.1, -0.05) is 23.7 Å². The molecule has 0 aliphatic heterocycles. The lowest BCUT2D eigenvalue weighted by Crippen LogP contribution is -2.25. The van der Waals surface area contributed by atoms with Gasteiger partial charge in [-0.05, 0) is 56.2 Å². The van der Waals surface area contributed by atoms with Crippen LogP contribution in [0.1, 0.15) is 27.3 Å². The fourth-order valence-corrected chi connectivity index (χ4v) is 3.45. The zero-order valence-electron chi connectivity index (χ0n) is 17.0. The minimum absolute atomic E-state index is 0.216. The van der Waals surface area contributed by atoms with Crippen molar-refractivity contribution in [3.05, 3.63) is 70.0 Å². The molecule has 0 saturated heterocycles. The zero-order valence-corrected chi connectivity index (χ0v) is 17.7. The molecule has 6 nitrogen and oxygen atoms in total. The van der Waals surface area contributed by atoms with Crippen molar-refractivity contribution in [2.45, 2.75) is 20.3 Å². The zero-order chi connectivity index (χ0) is 21.0. The van der Waals surface area contributed by atoms with E-state index in [9.17, 15) is 4.79 Å². The van der Waals surface area contributed by atoms with Crippen LogP contribution in [0.25, 0.3) is 5.69 Å². The molecule has 3 aromatic rings. The molecule has 2 aromatic carbocycles. The van der Waals surface area contributed by atoms with Gasteiger partial charge in [0.25, 0.3) is 5.91 Å². The number of carbonyl (C=O) groups excluding carboxylic acids is 1. The van der Waals surface area contributed by atoms with Gasteiger partial charge in [-0.3, -0.25) is 4.79 Å². The van der Waals surface area contributed by atoms with Crippen LogP contribution in [0.3, 0.4) is 0 Å². The SMILES string of the molecule is COc1cc(C(=O)NCCc2ccc(-n3nc(C)cc3C)cc2)cc(Cl)c1OC. The number of nitrogens with one attached hydrogen (secondary N) is 1. The number of hydrogen-bond acceptors (Lipinski definition) is 4. The van der Waals surface area contributed by atoms with Gasteiger partial charge in [-0.15, -0.1) is 0 Å². The molecular formula is C22H24ClN3O3. The Bertz CT molecular complexity index is 1010. The molecule has 0 spiro atoms. The molecule has 1 N–H and O–H groups in total. The standard InChI is InChI=1S/C22H24ClN3O3/c1-14-11-15(2)26(25-14)18-7-5-16(6-8-18)9-10-24-22(27)17-12-19(23)21(29-4)20(13-17)28-3/h5-8,11-13H,9-10H2,1-4H3,(H,24,27). The van der Waals surface area contributed by atoms with Gasteiger partial charge >= 0.3 is 0 Å². The summed E-state index contributed by atoms with van der Waals surface area (Å²) in [5.41, 5.74) is 4.65. The first-order chi connectivity index (χ1) is 13.9. The van der Waals surface area contributed by atoms with Gasteiger partial charge in [0, 0.05) is 17.8 Å². The summed E-state index contributed by atoms with van der Waals surface area (Å²) in [7, 11) is 3.01. The predicted octanol–water partition coefficient (Wildman–Crippen LogP) is 4.13. The average molecular weight is 414 g/mol. The number of methoxy groups -OCH3 is 2. The van der Waals surface area contributed by atoms with Crippen LogP contribution >= 0.6 is 11.6 Å². The van der Waals surface area contributed by atoms with E-state index in [0.717, 1.165) is 22.6 Å². The lowest BCUT2D eigenvalue weighted by atomic mass is 10.1. The smallest absolute Gasteiger partial charge is 0.251 e. The van der Waals surface area contributed by atoms with E-state index < -0.39 is 0 Å². The molecule has 0 radical (unpaired) electrons. The van der Waals surface area contributed by atoms with E-state index in [1.54, 1.807) is 12.1 Å². The first kappa shape index (κ1) is 20.7. The van der Waals surface area contributed by atoms with Crippen molar-refractivity contribution < 1.29 is 14.3 Å². The third-order valence-electron chi connectivity index (χ3n) is 4.59. The second-order valence-electron chi connectivity index (χ2n) is 6.70. The maximum atomic E-state index is 12.5. The summed E-state index contributed by atoms with van der Waals surface area (Å²) in [5, 5.41) is 7.73. The minimum Gasteiger partial charge on any atom is -0.493 e. The van der Waals surface area contributed by atoms with Gasteiger partial charge in [-0.2, -0.15) is 5.10 Å². The Labute approximate surface area is 175 Å². The van der Waals surface area contributed by atoms with Gasteiger partial charge in [0.1, 0.15) is 0 Å². The highest BCUT2D eigenvalue weighted by atomic mass is 35.5. The third kappa shape index (κ3) is 4.71. The van der Waals surface area contributed by atoms with Crippen LogP contribution in [-0.4, -0.2) is 36.5 Å². The molecular weight excluding hydrogens is 390 g/mol. The number of amides is 1. The topological polar surface area (TPSA) is 65.4 Å². The largest absolute Gasteiger partial charge is 0.493 e. The van der Waals surface area contributed by atoms with Crippen molar-refractivity contribution in [2.24, 2.45) is 0 Å². The van der Waals surface area contributed by atoms with E-state index in [-0.39, 0.29) is 5.91 Å². The molecule has 0 atom stereocenters. The summed E-state index contributed by atoms with van der Waals surface area (Å²) < 4.78 is 12.4. The van der Waals surface area contributed by atoms with Crippen LogP contribution in [0, 0.1) is 13.8 Å². The van der Waals surface area contributed by atoms with Crippen molar-refractivity contribution >= 4 is 17.5 Å². The number of ether oxygens (including phenoxy) is 2. The molecule has 0 saturated carbocycles. The first-order valence-electron chi connectivity index (χ1n) is 9.25. The van der Waals surface area contributed by atoms with E-state index in [2.05, 4.69) is 10.4 Å². The Hall–Kier alpha value is -2.99. The summed E-state index contributed by atoms with van der Waals surface area (Å²) in [6.45, 7) is 4.51. The fourth-order valence-electron chi connectivity index (χ4n) is 3.17. The second-order valence-corrected chi connectivity index (χ2v) is 7.11. The van der Waals surface area contributed by atoms with E-state index in [0.29, 0.717) is 35.1 Å². The highest BCUT2D eigenvalue weighted by Gasteiger charge is 2.15. The Kier molecular flexibility index (Phi) is 6.44. The van der Waals surface area contributed by atoms with E-state index >= 15 is 0 Å². The Morgan fingerprint density at radius 2 is 1.83 bits per heavy atom. The lowest BCUT2D eigenvalue weighted by molar-refractivity contribution is 0.0953. The number of benzene rings is 2. The molecule has 152 valence electrons. The average Bonchev–Trinajstić information content (AvgIpc) is 3.05. The lowest BCUT2D eigenvalue weighted by Gasteiger charge is -2.12. The summed E-state index contributed by atoms with van der Waals surface area (Å²) in [6, 6.07) is 13.4. The van der Waals surface area contributed by atoms with E-state index in [1.165, 1.54) is 14.2 Å². The molecule has 0 unspecified atom stereocenters. The molecule has 0 fully saturated rings. The number of hydrogen-bond donors (Lipinski definition) is 1. The van der Waals surface area contributed by atoms with Gasteiger partial charge in [-0.25, -0.2) is 4.68 Å². The summed E-state index contributed by atoms with van der Waals surface area (Å²) in [6.07, 6.45) is 0.712. The van der Waals surface area contributed by atoms with Crippen molar-refractivity contribution in [1.82, 2.24) is 15.1 Å². The number of carbonyl (C=O) groups is 1. The van der Waals surface area contributed by atoms with Crippen LogP contribution < -0.4 is 14.8 Å². The summed E-state index contributed by atoms with van der Waals surface area (Å²) in [4.78, 5) is 12.5. The molecule has 7 heteroatoms.